The number of benzene rings is 1. The van der Waals surface area contributed by atoms with Crippen LogP contribution in [-0.2, 0) is 19.7 Å². The predicted octanol–water partition coefficient (Wildman–Crippen LogP) is 0.960. The molecule has 1 heterocycles. The molecule has 0 spiro atoms. The number of rotatable bonds is 4. The summed E-state index contributed by atoms with van der Waals surface area (Å²) >= 11 is 0. The average Bonchev–Trinajstić information content (AvgIpc) is 2.78. The minimum absolute atomic E-state index is 0.173. The highest BCUT2D eigenvalue weighted by Crippen LogP contribution is 2.39. The third-order valence-corrected chi connectivity index (χ3v) is 5.24. The van der Waals surface area contributed by atoms with E-state index in [9.17, 15) is 13.2 Å². The predicted molar refractivity (Wildman–Crippen MR) is 75.8 cm³/mol. The fourth-order valence-electron chi connectivity index (χ4n) is 2.33. The number of nitrogens with zero attached hydrogens (tertiary/aromatic N) is 2. The first-order valence-electron chi connectivity index (χ1n) is 6.24. The molecule has 0 N–H and O–H groups in total. The van der Waals surface area contributed by atoms with E-state index in [0.29, 0.717) is 5.69 Å². The van der Waals surface area contributed by atoms with Crippen molar-refractivity contribution >= 4 is 21.9 Å². The highest BCUT2D eigenvalue weighted by molar-refractivity contribution is 7.90. The van der Waals surface area contributed by atoms with Gasteiger partial charge in [0.2, 0.25) is 0 Å². The Hall–Kier alpha value is -1.60. The van der Waals surface area contributed by atoms with Gasteiger partial charge in [-0.15, -0.1) is 0 Å². The molecule has 20 heavy (non-hydrogen) atoms. The van der Waals surface area contributed by atoms with Gasteiger partial charge in [-0.2, -0.15) is 12.7 Å². The number of carbonyl (C=O) groups is 1. The number of anilines is 1. The molecular weight excluding hydrogens is 280 g/mol. The second-order valence-electron chi connectivity index (χ2n) is 4.86. The van der Waals surface area contributed by atoms with Crippen molar-refractivity contribution in [1.29, 1.82) is 0 Å². The summed E-state index contributed by atoms with van der Waals surface area (Å²) in [4.78, 5) is 11.5. The lowest BCUT2D eigenvalue weighted by atomic mass is 9.98. The van der Waals surface area contributed by atoms with E-state index in [2.05, 4.69) is 4.74 Å². The van der Waals surface area contributed by atoms with E-state index < -0.39 is 10.2 Å². The molecule has 0 saturated heterocycles. The molecule has 0 aliphatic carbocycles. The highest BCUT2D eigenvalue weighted by atomic mass is 32.2. The van der Waals surface area contributed by atoms with Gasteiger partial charge in [0.25, 0.3) is 0 Å². The third-order valence-electron chi connectivity index (χ3n) is 3.41. The number of carbonyl (C=O) groups excluding carboxylic acids is 1. The molecule has 7 heteroatoms. The van der Waals surface area contributed by atoms with Gasteiger partial charge >= 0.3 is 16.2 Å². The van der Waals surface area contributed by atoms with Crippen molar-refractivity contribution in [2.45, 2.75) is 12.3 Å². The lowest BCUT2D eigenvalue weighted by molar-refractivity contribution is -0.140. The molecule has 0 radical (unpaired) electrons. The van der Waals surface area contributed by atoms with Crippen LogP contribution in [0.1, 0.15) is 17.9 Å². The summed E-state index contributed by atoms with van der Waals surface area (Å²) in [5.41, 5.74) is 1.50. The number of methoxy groups -OCH3 is 1. The molecule has 6 nitrogen and oxygen atoms in total. The molecule has 1 aromatic carbocycles. The average molecular weight is 298 g/mol. The Kier molecular flexibility index (Phi) is 4.01. The molecule has 2 rings (SSSR count). The molecule has 1 aliphatic rings. The zero-order chi connectivity index (χ0) is 14.9. The van der Waals surface area contributed by atoms with E-state index in [1.54, 1.807) is 12.1 Å². The summed E-state index contributed by atoms with van der Waals surface area (Å²) < 4.78 is 31.9. The van der Waals surface area contributed by atoms with E-state index in [1.165, 1.54) is 29.8 Å². The van der Waals surface area contributed by atoms with Crippen molar-refractivity contribution in [3.63, 3.8) is 0 Å². The minimum atomic E-state index is -3.55. The number of hydrogen-bond donors (Lipinski definition) is 0. The van der Waals surface area contributed by atoms with Gasteiger partial charge in [0, 0.05) is 26.6 Å². The fourth-order valence-corrected chi connectivity index (χ4v) is 3.51. The molecule has 110 valence electrons. The van der Waals surface area contributed by atoms with Crippen LogP contribution in [0.4, 0.5) is 5.69 Å². The minimum Gasteiger partial charge on any atom is -0.469 e. The number of fused-ring (bicyclic) bond motifs is 1. The van der Waals surface area contributed by atoms with Gasteiger partial charge in [0.1, 0.15) is 0 Å². The van der Waals surface area contributed by atoms with E-state index in [-0.39, 0.29) is 24.9 Å². The highest BCUT2D eigenvalue weighted by Gasteiger charge is 2.37. The monoisotopic (exact) mass is 298 g/mol. The van der Waals surface area contributed by atoms with Crippen molar-refractivity contribution < 1.29 is 17.9 Å². The van der Waals surface area contributed by atoms with E-state index in [1.807, 2.05) is 12.1 Å². The van der Waals surface area contributed by atoms with Crippen molar-refractivity contribution in [3.8, 4) is 0 Å². The van der Waals surface area contributed by atoms with Gasteiger partial charge in [0.15, 0.2) is 0 Å². The summed E-state index contributed by atoms with van der Waals surface area (Å²) in [6, 6.07) is 7.24. The SMILES string of the molecule is COC(=O)CC1CN(S(=O)(=O)N(C)C)c2ccccc21. The van der Waals surface area contributed by atoms with Crippen LogP contribution in [0.15, 0.2) is 24.3 Å². The van der Waals surface area contributed by atoms with Gasteiger partial charge in [-0.25, -0.2) is 0 Å². The third kappa shape index (κ3) is 2.51. The Morgan fingerprint density at radius 3 is 2.65 bits per heavy atom. The summed E-state index contributed by atoms with van der Waals surface area (Å²) in [5.74, 6) is -0.512. The topological polar surface area (TPSA) is 66.9 Å². The fraction of sp³-hybridized carbons (Fsp3) is 0.462. The van der Waals surface area contributed by atoms with Crippen LogP contribution in [0.2, 0.25) is 0 Å². The smallest absolute Gasteiger partial charge is 0.306 e. The van der Waals surface area contributed by atoms with Crippen LogP contribution < -0.4 is 4.31 Å². The van der Waals surface area contributed by atoms with Gasteiger partial charge in [-0.1, -0.05) is 18.2 Å². The van der Waals surface area contributed by atoms with Crippen molar-refractivity contribution in [2.75, 3.05) is 32.1 Å². The molecule has 0 amide bonds. The maximum Gasteiger partial charge on any atom is 0.306 e. The van der Waals surface area contributed by atoms with Gasteiger partial charge in [-0.3, -0.25) is 9.10 Å². The molecular formula is C13H18N2O4S. The summed E-state index contributed by atoms with van der Waals surface area (Å²) in [6.45, 7) is 0.259. The lowest BCUT2D eigenvalue weighted by Crippen LogP contribution is -2.39. The molecule has 1 unspecified atom stereocenters. The zero-order valence-corrected chi connectivity index (χ0v) is 12.6. The largest absolute Gasteiger partial charge is 0.469 e. The first-order chi connectivity index (χ1) is 9.37. The molecule has 0 saturated carbocycles. The molecule has 1 aliphatic heterocycles. The molecule has 0 bridgehead atoms. The van der Waals surface area contributed by atoms with Gasteiger partial charge in [-0.05, 0) is 11.6 Å². The second-order valence-corrected chi connectivity index (χ2v) is 6.92. The lowest BCUT2D eigenvalue weighted by Gasteiger charge is -2.23. The number of esters is 1. The Labute approximate surface area is 119 Å². The molecule has 0 aromatic heterocycles. The van der Waals surface area contributed by atoms with Crippen LogP contribution in [0.5, 0.6) is 0 Å². The zero-order valence-electron chi connectivity index (χ0n) is 11.7. The number of hydrogen-bond acceptors (Lipinski definition) is 4. The van der Waals surface area contributed by atoms with Crippen LogP contribution in [-0.4, -0.2) is 46.4 Å². The normalized spacial score (nSPS) is 18.2. The van der Waals surface area contributed by atoms with Crippen molar-refractivity contribution in [2.24, 2.45) is 0 Å². The Morgan fingerprint density at radius 1 is 1.40 bits per heavy atom. The summed E-state index contributed by atoms with van der Waals surface area (Å²) in [5, 5.41) is 0. The first kappa shape index (κ1) is 14.8. The first-order valence-corrected chi connectivity index (χ1v) is 7.63. The van der Waals surface area contributed by atoms with Gasteiger partial charge < -0.3 is 4.74 Å². The maximum absolute atomic E-state index is 12.3. The quantitative estimate of drug-likeness (QED) is 0.777. The Morgan fingerprint density at radius 2 is 2.05 bits per heavy atom. The second kappa shape index (κ2) is 5.41. The maximum atomic E-state index is 12.3. The van der Waals surface area contributed by atoms with Crippen LogP contribution in [0, 0.1) is 0 Å². The van der Waals surface area contributed by atoms with Crippen molar-refractivity contribution in [3.05, 3.63) is 29.8 Å². The molecule has 1 atom stereocenters. The van der Waals surface area contributed by atoms with Gasteiger partial charge in [0.05, 0.1) is 19.2 Å². The van der Waals surface area contributed by atoms with Crippen LogP contribution in [0.3, 0.4) is 0 Å². The molecule has 0 fully saturated rings. The number of ether oxygens (including phenoxy) is 1. The van der Waals surface area contributed by atoms with Crippen LogP contribution in [0.25, 0.3) is 0 Å². The van der Waals surface area contributed by atoms with E-state index >= 15 is 0 Å². The Bertz CT molecular complexity index is 613. The van der Waals surface area contributed by atoms with Crippen molar-refractivity contribution in [1.82, 2.24) is 4.31 Å². The van der Waals surface area contributed by atoms with E-state index in [4.69, 9.17) is 0 Å². The Balaban J connectivity index is 2.39. The number of para-hydroxylation sites is 1. The van der Waals surface area contributed by atoms with E-state index in [0.717, 1.165) is 5.56 Å². The van der Waals surface area contributed by atoms with Crippen LogP contribution >= 0.6 is 0 Å². The molecule has 1 aromatic rings. The summed E-state index contributed by atoms with van der Waals surface area (Å²) in [6.07, 6.45) is 0.174. The standard InChI is InChI=1S/C13H18N2O4S/c1-14(2)20(17,18)15-9-10(8-13(16)19-3)11-6-4-5-7-12(11)15/h4-7,10H,8-9H2,1-3H3. The summed E-state index contributed by atoms with van der Waals surface area (Å²) in [7, 11) is 0.763.